The minimum absolute atomic E-state index is 0.0161. The Hall–Kier alpha value is -9.23. The third kappa shape index (κ3) is 19.4. The van der Waals surface area contributed by atoms with E-state index >= 15 is 0 Å². The Morgan fingerprint density at radius 1 is 0.667 bits per heavy atom. The molecule has 3 heterocycles. The predicted octanol–water partition coefficient (Wildman–Crippen LogP) is 7.33. The van der Waals surface area contributed by atoms with Gasteiger partial charge in [0.05, 0.1) is 19.8 Å². The number of aryl methyl sites for hydroxylation is 2. The van der Waals surface area contributed by atoms with Crippen molar-refractivity contribution in [1.29, 1.82) is 0 Å². The second kappa shape index (κ2) is 35.5. The van der Waals surface area contributed by atoms with E-state index in [1.165, 1.54) is 7.11 Å². The number of methoxy groups -OCH3 is 1. The quantitative estimate of drug-likeness (QED) is 0.00575. The summed E-state index contributed by atoms with van der Waals surface area (Å²) >= 11 is 0. The molecule has 0 radical (unpaired) electrons. The summed E-state index contributed by atoms with van der Waals surface area (Å²) in [5.74, 6) is -2.25. The number of anilines is 1. The lowest BCUT2D eigenvalue weighted by atomic mass is 9.75. The molecule has 9 rings (SSSR count). The minimum atomic E-state index is -4.69. The zero-order valence-corrected chi connectivity index (χ0v) is 58.2. The summed E-state index contributed by atoms with van der Waals surface area (Å²) < 4.78 is 53.8. The molecule has 6 amide bonds. The molecule has 5 aromatic rings. The molecule has 0 saturated carbocycles. The van der Waals surface area contributed by atoms with E-state index in [4.69, 9.17) is 13.8 Å². The molecule has 1 fully saturated rings. The summed E-state index contributed by atoms with van der Waals surface area (Å²) in [5.41, 5.74) is 9.25. The van der Waals surface area contributed by atoms with Crippen molar-refractivity contribution in [2.45, 2.75) is 117 Å². The highest BCUT2D eigenvalue weighted by atomic mass is 32.2. The Labute approximate surface area is 579 Å². The van der Waals surface area contributed by atoms with E-state index in [0.29, 0.717) is 109 Å². The molecule has 524 valence electrons. The maximum absolute atomic E-state index is 14.6. The van der Waals surface area contributed by atoms with E-state index in [0.717, 1.165) is 89.7 Å². The summed E-state index contributed by atoms with van der Waals surface area (Å²) in [6, 6.07) is 37.1. The van der Waals surface area contributed by atoms with Crippen LogP contribution in [-0.2, 0) is 53.4 Å². The van der Waals surface area contributed by atoms with Crippen molar-refractivity contribution in [2.24, 2.45) is 0 Å². The van der Waals surface area contributed by atoms with Crippen LogP contribution in [0.15, 0.2) is 126 Å². The minimum Gasteiger partial charge on any atom is -0.497 e. The number of amides is 6. The van der Waals surface area contributed by atoms with Crippen molar-refractivity contribution >= 4 is 80.6 Å². The number of nitrogens with zero attached hydrogens (tertiary/aromatic N) is 4. The van der Waals surface area contributed by atoms with Gasteiger partial charge in [-0.2, -0.15) is 8.42 Å². The van der Waals surface area contributed by atoms with Gasteiger partial charge in [0.2, 0.25) is 29.0 Å². The van der Waals surface area contributed by atoms with Crippen LogP contribution in [0.25, 0.3) is 33.4 Å². The highest BCUT2D eigenvalue weighted by Gasteiger charge is 2.37. The lowest BCUT2D eigenvalue weighted by Crippen LogP contribution is -2.50. The number of carbonyl (C=O) groups is 7. The molecule has 5 aromatic carbocycles. The maximum atomic E-state index is 14.6. The van der Waals surface area contributed by atoms with Gasteiger partial charge in [-0.05, 0) is 132 Å². The van der Waals surface area contributed by atoms with Gasteiger partial charge in [0.15, 0.2) is 5.78 Å². The number of ketones is 1. The van der Waals surface area contributed by atoms with Gasteiger partial charge in [-0.25, -0.2) is 4.58 Å². The van der Waals surface area contributed by atoms with Crippen LogP contribution in [0, 0.1) is 0 Å². The molecule has 0 aromatic heterocycles. The first-order chi connectivity index (χ1) is 47.8. The van der Waals surface area contributed by atoms with Crippen LogP contribution in [0.3, 0.4) is 0 Å². The molecule has 1 saturated heterocycles. The monoisotopic (exact) mass is 1370 g/mol. The van der Waals surface area contributed by atoms with Crippen LogP contribution in [0.5, 0.6) is 5.75 Å². The SMILES string of the molecule is CCN(CC)c1ccc2c(-c3ccccc3C(=O)N3CCN(C(=O)CCCCC(=O)NC(CS(=O)(=O)O)C(=O)NCCCCCC(=O)NCCNC(=O)c4cc(CCCCc5ccc(C(=O)c6ccccc6)cc5)c(OC)c5c4COB5O)CC3)c3ccc(=[N+](CC)CC)cc-3oc2c1. The van der Waals surface area contributed by atoms with Gasteiger partial charge in [0.1, 0.15) is 42.0 Å². The summed E-state index contributed by atoms with van der Waals surface area (Å²) in [6.45, 7) is 13.5. The van der Waals surface area contributed by atoms with E-state index in [1.54, 1.807) is 28.0 Å². The summed E-state index contributed by atoms with van der Waals surface area (Å²) in [5, 5.41) is 23.4. The molecule has 99 heavy (non-hydrogen) atoms. The first kappa shape index (κ1) is 74.0. The fourth-order valence-corrected chi connectivity index (χ4v) is 13.8. The number of rotatable bonds is 34. The Bertz CT molecular complexity index is 4170. The zero-order chi connectivity index (χ0) is 70.6. The van der Waals surface area contributed by atoms with Crippen LogP contribution in [0.4, 0.5) is 5.69 Å². The highest BCUT2D eigenvalue weighted by molar-refractivity contribution is 7.85. The first-order valence-corrected chi connectivity index (χ1v) is 36.2. The zero-order valence-electron chi connectivity index (χ0n) is 57.4. The van der Waals surface area contributed by atoms with Crippen LogP contribution >= 0.6 is 0 Å². The van der Waals surface area contributed by atoms with Crippen molar-refractivity contribution in [2.75, 3.05) is 89.8 Å². The Morgan fingerprint density at radius 2 is 1.33 bits per heavy atom. The van der Waals surface area contributed by atoms with E-state index in [1.807, 2.05) is 66.7 Å². The number of piperazine rings is 1. The second-order valence-corrected chi connectivity index (χ2v) is 26.5. The fourth-order valence-electron chi connectivity index (χ4n) is 13.1. The lowest BCUT2D eigenvalue weighted by Gasteiger charge is -2.35. The Balaban J connectivity index is 0.669. The number of benzene rings is 6. The fraction of sp³-hybridized carbons (Fsp3) is 0.413. The van der Waals surface area contributed by atoms with E-state index in [2.05, 4.69) is 94.8 Å². The third-order valence-corrected chi connectivity index (χ3v) is 19.2. The van der Waals surface area contributed by atoms with E-state index in [9.17, 15) is 51.6 Å². The molecule has 0 spiro atoms. The van der Waals surface area contributed by atoms with Crippen molar-refractivity contribution in [1.82, 2.24) is 35.6 Å². The molecular formula is C75H92BN8O14S+. The van der Waals surface area contributed by atoms with Gasteiger partial charge < -0.3 is 54.8 Å². The number of hydrogen-bond acceptors (Lipinski definition) is 14. The topological polar surface area (TPSA) is 287 Å². The molecule has 24 heteroatoms. The number of nitrogens with one attached hydrogen (secondary N) is 4. The van der Waals surface area contributed by atoms with Crippen LogP contribution in [-0.4, -0.2) is 167 Å². The van der Waals surface area contributed by atoms with E-state index in [-0.39, 0.29) is 75.4 Å². The number of carbonyl (C=O) groups excluding carboxylic acids is 7. The van der Waals surface area contributed by atoms with Crippen molar-refractivity contribution < 1.29 is 65.4 Å². The molecule has 22 nitrogen and oxygen atoms in total. The molecule has 3 aliphatic heterocycles. The summed E-state index contributed by atoms with van der Waals surface area (Å²) in [4.78, 5) is 99.2. The standard InChI is InChI=1S/C75H91BN8O14S/c1-6-81(7-2)55-35-37-59-64(47-55)98-65-48-56(82(8-3)9-4)36-38-60(65)69(59)57-26-17-18-27-58(57)75(91)84-44-42-83(43-45-84)68(87)30-20-19-29-67(86)80-63(50-99(93,94)95)74(90)78-39-21-11-14-28-66(85)77-40-41-79-73(89)61-46-54(72(96-5)70-62(61)49-97-76(70)92)25-16-15-22-51-31-33-53(34-32-51)71(88)52-23-12-10-13-24-52/h10,12-13,17-18,23-24,26-27,31-38,46-48,63,92H,6-9,11,14-16,19-22,25,28-30,39-45,49-50H2,1-5H3,(H4-,77,78,79,80,85,86,89,90,93,94,95)/p+1. The Morgan fingerprint density at radius 3 is 2.05 bits per heavy atom. The smallest absolute Gasteiger partial charge is 0.495 e. The normalized spacial score (nSPS) is 13.2. The average molecular weight is 1370 g/mol. The average Bonchev–Trinajstić information content (AvgIpc) is 1.70. The van der Waals surface area contributed by atoms with Crippen molar-refractivity contribution in [3.8, 4) is 28.2 Å². The largest absolute Gasteiger partial charge is 0.497 e. The molecule has 0 bridgehead atoms. The molecule has 6 N–H and O–H groups in total. The predicted molar refractivity (Wildman–Crippen MR) is 383 cm³/mol. The maximum Gasteiger partial charge on any atom is 0.495 e. The number of ether oxygens (including phenoxy) is 1. The lowest BCUT2D eigenvalue weighted by molar-refractivity contribution is -0.133. The van der Waals surface area contributed by atoms with Crippen molar-refractivity contribution in [3.05, 3.63) is 166 Å². The van der Waals surface area contributed by atoms with Crippen LogP contribution in [0.1, 0.15) is 145 Å². The van der Waals surface area contributed by atoms with Gasteiger partial charge >= 0.3 is 7.12 Å². The van der Waals surface area contributed by atoms with E-state index < -0.39 is 46.8 Å². The van der Waals surface area contributed by atoms with Crippen LogP contribution in [0.2, 0.25) is 0 Å². The third-order valence-electron chi connectivity index (χ3n) is 18.5. The summed E-state index contributed by atoms with van der Waals surface area (Å²) in [7, 11) is -4.43. The molecule has 1 aliphatic carbocycles. The number of fused-ring (bicyclic) bond motifs is 3. The second-order valence-electron chi connectivity index (χ2n) is 25.0. The van der Waals surface area contributed by atoms with Gasteiger partial charge in [0.25, 0.3) is 21.9 Å². The van der Waals surface area contributed by atoms with Gasteiger partial charge in [-0.15, -0.1) is 0 Å². The van der Waals surface area contributed by atoms with Gasteiger partial charge in [0, 0.05) is 140 Å². The van der Waals surface area contributed by atoms with Crippen LogP contribution < -0.4 is 46.3 Å². The van der Waals surface area contributed by atoms with Gasteiger partial charge in [-0.3, -0.25) is 38.1 Å². The number of hydrogen-bond donors (Lipinski definition) is 6. The first-order valence-electron chi connectivity index (χ1n) is 34.6. The molecule has 1 unspecified atom stereocenters. The molecular weight excluding hydrogens is 1280 g/mol. The van der Waals surface area contributed by atoms with Crippen molar-refractivity contribution in [3.63, 3.8) is 0 Å². The Kier molecular flexibility index (Phi) is 26.5. The summed E-state index contributed by atoms with van der Waals surface area (Å²) in [6.07, 6.45) is 5.06. The highest BCUT2D eigenvalue weighted by Crippen LogP contribution is 2.42. The molecule has 4 aliphatic rings. The molecule has 1 atom stereocenters. The van der Waals surface area contributed by atoms with Gasteiger partial charge in [-0.1, -0.05) is 79.2 Å². The number of unbranched alkanes of at least 4 members (excludes halogenated alkanes) is 4.